The van der Waals surface area contributed by atoms with Crippen molar-refractivity contribution in [2.75, 3.05) is 5.01 Å². The number of nitrogens with two attached hydrogens (primary N) is 1. The summed E-state index contributed by atoms with van der Waals surface area (Å²) >= 11 is 0. The summed E-state index contributed by atoms with van der Waals surface area (Å²) in [4.78, 5) is 11.3. The van der Waals surface area contributed by atoms with Crippen LogP contribution in [0.2, 0.25) is 0 Å². The summed E-state index contributed by atoms with van der Waals surface area (Å²) in [7, 11) is 0. The van der Waals surface area contributed by atoms with E-state index in [4.69, 9.17) is 5.84 Å². The quantitative estimate of drug-likeness (QED) is 0.446. The molecule has 0 atom stereocenters. The van der Waals surface area contributed by atoms with Gasteiger partial charge in [-0.3, -0.25) is 4.79 Å². The molecule has 4 nitrogen and oxygen atoms in total. The van der Waals surface area contributed by atoms with E-state index < -0.39 is 0 Å². The summed E-state index contributed by atoms with van der Waals surface area (Å²) in [6.45, 7) is 9.27. The van der Waals surface area contributed by atoms with E-state index in [0.717, 1.165) is 16.1 Å². The third-order valence-corrected chi connectivity index (χ3v) is 2.64. The SMILES string of the molecule is CC(=O)N(N)c1cc(C)cc(C(C)(C)C)c1O. The lowest BCUT2D eigenvalue weighted by atomic mass is 9.85. The largest absolute Gasteiger partial charge is 0.505 e. The van der Waals surface area contributed by atoms with E-state index in [1.807, 2.05) is 33.8 Å². The molecule has 0 saturated carbocycles. The van der Waals surface area contributed by atoms with Crippen LogP contribution >= 0.6 is 0 Å². The van der Waals surface area contributed by atoms with Gasteiger partial charge in [-0.2, -0.15) is 0 Å². The molecule has 0 aliphatic heterocycles. The minimum Gasteiger partial charge on any atom is -0.505 e. The van der Waals surface area contributed by atoms with Gasteiger partial charge in [0.2, 0.25) is 5.91 Å². The average molecular weight is 236 g/mol. The minimum absolute atomic E-state index is 0.0702. The number of hydrogen-bond acceptors (Lipinski definition) is 3. The van der Waals surface area contributed by atoms with E-state index >= 15 is 0 Å². The van der Waals surface area contributed by atoms with E-state index in [0.29, 0.717) is 5.69 Å². The molecule has 4 heteroatoms. The second kappa shape index (κ2) is 4.37. The number of carbonyl (C=O) groups is 1. The van der Waals surface area contributed by atoms with Crippen LogP contribution in [0.4, 0.5) is 5.69 Å². The van der Waals surface area contributed by atoms with Crippen molar-refractivity contribution >= 4 is 11.6 Å². The maximum Gasteiger partial charge on any atom is 0.238 e. The minimum atomic E-state index is -0.314. The summed E-state index contributed by atoms with van der Waals surface area (Å²) in [5.41, 5.74) is 1.88. The number of aromatic hydroxyl groups is 1. The van der Waals surface area contributed by atoms with Gasteiger partial charge in [0, 0.05) is 12.5 Å². The topological polar surface area (TPSA) is 66.6 Å². The van der Waals surface area contributed by atoms with Gasteiger partial charge in [-0.25, -0.2) is 10.9 Å². The second-order valence-corrected chi connectivity index (χ2v) is 5.32. The van der Waals surface area contributed by atoms with E-state index in [2.05, 4.69) is 0 Å². The van der Waals surface area contributed by atoms with Crippen LogP contribution in [-0.2, 0) is 10.2 Å². The first-order valence-corrected chi connectivity index (χ1v) is 5.54. The molecule has 3 N–H and O–H groups in total. The van der Waals surface area contributed by atoms with E-state index in [-0.39, 0.29) is 17.1 Å². The molecule has 0 saturated heterocycles. The number of amides is 1. The Bertz CT molecular complexity index is 447. The van der Waals surface area contributed by atoms with Crippen molar-refractivity contribution < 1.29 is 9.90 Å². The number of hydrazine groups is 1. The van der Waals surface area contributed by atoms with Gasteiger partial charge in [-0.15, -0.1) is 0 Å². The average Bonchev–Trinajstić information content (AvgIpc) is 2.18. The van der Waals surface area contributed by atoms with E-state index in [9.17, 15) is 9.90 Å². The Kier molecular flexibility index (Phi) is 3.48. The summed E-state index contributed by atoms with van der Waals surface area (Å²) in [5, 5.41) is 11.2. The van der Waals surface area contributed by atoms with E-state index in [1.165, 1.54) is 6.92 Å². The molecule has 0 aliphatic rings. The van der Waals surface area contributed by atoms with Crippen LogP contribution in [0.3, 0.4) is 0 Å². The molecular weight excluding hydrogens is 216 g/mol. The third kappa shape index (κ3) is 2.77. The van der Waals surface area contributed by atoms with Gasteiger partial charge in [0.1, 0.15) is 11.4 Å². The molecule has 1 aromatic carbocycles. The number of carbonyl (C=O) groups excluding carboxylic acids is 1. The summed E-state index contributed by atoms with van der Waals surface area (Å²) in [6.07, 6.45) is 0. The number of anilines is 1. The smallest absolute Gasteiger partial charge is 0.238 e. The van der Waals surface area contributed by atoms with Crippen molar-refractivity contribution in [3.63, 3.8) is 0 Å². The highest BCUT2D eigenvalue weighted by Gasteiger charge is 2.23. The number of benzene rings is 1. The lowest BCUT2D eigenvalue weighted by molar-refractivity contribution is -0.116. The maximum absolute atomic E-state index is 11.3. The molecule has 1 amide bonds. The first-order chi connectivity index (χ1) is 7.64. The monoisotopic (exact) mass is 236 g/mol. The Balaban J connectivity index is 3.44. The number of nitrogens with zero attached hydrogens (tertiary/aromatic N) is 1. The Labute approximate surface area is 102 Å². The Hall–Kier alpha value is -1.55. The van der Waals surface area contributed by atoms with Crippen LogP contribution in [0.5, 0.6) is 5.75 Å². The number of aryl methyl sites for hydroxylation is 1. The molecule has 0 radical (unpaired) electrons. The van der Waals surface area contributed by atoms with Crippen molar-refractivity contribution in [3.05, 3.63) is 23.3 Å². The third-order valence-electron chi connectivity index (χ3n) is 2.64. The van der Waals surface area contributed by atoms with Crippen molar-refractivity contribution in [3.8, 4) is 5.75 Å². The zero-order valence-electron chi connectivity index (χ0n) is 11.0. The molecule has 0 bridgehead atoms. The van der Waals surface area contributed by atoms with Gasteiger partial charge in [0.05, 0.1) is 0 Å². The standard InChI is InChI=1S/C13H20N2O2/c1-8-6-10(13(3,4)5)12(17)11(7-8)15(14)9(2)16/h6-7,17H,14H2,1-5H3. The normalized spacial score (nSPS) is 11.4. The van der Waals surface area contributed by atoms with Crippen molar-refractivity contribution in [2.24, 2.45) is 5.84 Å². The van der Waals surface area contributed by atoms with E-state index in [1.54, 1.807) is 6.07 Å². The van der Waals surface area contributed by atoms with Crippen molar-refractivity contribution in [1.29, 1.82) is 0 Å². The molecule has 0 heterocycles. The molecule has 0 aromatic heterocycles. The summed E-state index contributed by atoms with van der Waals surface area (Å²) < 4.78 is 0. The molecular formula is C13H20N2O2. The van der Waals surface area contributed by atoms with Gasteiger partial charge in [0.15, 0.2) is 0 Å². The summed E-state index contributed by atoms with van der Waals surface area (Å²) in [5.74, 6) is 5.40. The fraction of sp³-hybridized carbons (Fsp3) is 0.462. The lowest BCUT2D eigenvalue weighted by Gasteiger charge is -2.25. The van der Waals surface area contributed by atoms with Gasteiger partial charge in [-0.1, -0.05) is 26.8 Å². The number of phenolic OH excluding ortho intramolecular Hbond substituents is 1. The Morgan fingerprint density at radius 1 is 1.35 bits per heavy atom. The summed E-state index contributed by atoms with van der Waals surface area (Å²) in [6, 6.07) is 3.61. The fourth-order valence-electron chi connectivity index (χ4n) is 1.68. The lowest BCUT2D eigenvalue weighted by Crippen LogP contribution is -2.35. The molecule has 0 unspecified atom stereocenters. The van der Waals surface area contributed by atoms with Crippen molar-refractivity contribution in [1.82, 2.24) is 0 Å². The Morgan fingerprint density at radius 3 is 2.29 bits per heavy atom. The fourth-order valence-corrected chi connectivity index (χ4v) is 1.68. The molecule has 94 valence electrons. The van der Waals surface area contributed by atoms with Crippen LogP contribution in [-0.4, -0.2) is 11.0 Å². The number of rotatable bonds is 1. The molecule has 1 rings (SSSR count). The number of hydrogen-bond donors (Lipinski definition) is 2. The van der Waals surface area contributed by atoms with Crippen LogP contribution in [0.15, 0.2) is 12.1 Å². The van der Waals surface area contributed by atoms with Gasteiger partial charge < -0.3 is 5.11 Å². The van der Waals surface area contributed by atoms with Crippen LogP contribution < -0.4 is 10.9 Å². The van der Waals surface area contributed by atoms with Gasteiger partial charge in [-0.05, 0) is 24.0 Å². The molecule has 0 aliphatic carbocycles. The second-order valence-electron chi connectivity index (χ2n) is 5.32. The highest BCUT2D eigenvalue weighted by Crippen LogP contribution is 2.38. The van der Waals surface area contributed by atoms with Crippen LogP contribution in [0, 0.1) is 6.92 Å². The van der Waals surface area contributed by atoms with Crippen molar-refractivity contribution in [2.45, 2.75) is 40.0 Å². The highest BCUT2D eigenvalue weighted by atomic mass is 16.3. The predicted octanol–water partition coefficient (Wildman–Crippen LogP) is 2.22. The molecule has 0 spiro atoms. The number of phenols is 1. The molecule has 0 fully saturated rings. The van der Waals surface area contributed by atoms with Gasteiger partial charge in [0.25, 0.3) is 0 Å². The highest BCUT2D eigenvalue weighted by molar-refractivity contribution is 5.92. The van der Waals surface area contributed by atoms with Crippen LogP contribution in [0.1, 0.15) is 38.8 Å². The first kappa shape index (κ1) is 13.5. The predicted molar refractivity (Wildman–Crippen MR) is 68.9 cm³/mol. The maximum atomic E-state index is 11.3. The zero-order valence-corrected chi connectivity index (χ0v) is 11.0. The van der Waals surface area contributed by atoms with Gasteiger partial charge >= 0.3 is 0 Å². The Morgan fingerprint density at radius 2 is 1.88 bits per heavy atom. The van der Waals surface area contributed by atoms with Crippen LogP contribution in [0.25, 0.3) is 0 Å². The molecule has 17 heavy (non-hydrogen) atoms. The molecule has 1 aromatic rings. The zero-order chi connectivity index (χ0) is 13.4. The first-order valence-electron chi connectivity index (χ1n) is 5.54.